The van der Waals surface area contributed by atoms with Gasteiger partial charge in [0.25, 0.3) is 11.6 Å². The molecule has 32 heavy (non-hydrogen) atoms. The van der Waals surface area contributed by atoms with Crippen molar-refractivity contribution in [2.45, 2.75) is 30.6 Å². The quantitative estimate of drug-likeness (QED) is 0.544. The molecule has 9 nitrogen and oxygen atoms in total. The lowest BCUT2D eigenvalue weighted by molar-refractivity contribution is -0.384. The molecule has 0 saturated carbocycles. The van der Waals surface area contributed by atoms with Crippen LogP contribution in [0.1, 0.15) is 34.3 Å². The van der Waals surface area contributed by atoms with E-state index in [4.69, 9.17) is 0 Å². The maximum absolute atomic E-state index is 13.2. The van der Waals surface area contributed by atoms with E-state index in [1.165, 1.54) is 33.0 Å². The van der Waals surface area contributed by atoms with Crippen LogP contribution in [-0.2, 0) is 22.9 Å². The molecule has 1 fully saturated rings. The number of piperazine rings is 1. The first kappa shape index (κ1) is 22.2. The zero-order valence-electron chi connectivity index (χ0n) is 17.9. The maximum atomic E-state index is 13.2. The second-order valence-electron chi connectivity index (χ2n) is 8.07. The number of rotatable bonds is 5. The van der Waals surface area contributed by atoms with Gasteiger partial charge in [0.2, 0.25) is 10.0 Å². The van der Waals surface area contributed by atoms with Gasteiger partial charge in [0, 0.05) is 44.9 Å². The predicted molar refractivity (Wildman–Crippen MR) is 120 cm³/mol. The first-order valence-corrected chi connectivity index (χ1v) is 12.1. The fourth-order valence-corrected chi connectivity index (χ4v) is 5.83. The highest BCUT2D eigenvalue weighted by Crippen LogP contribution is 2.28. The minimum Gasteiger partial charge on any atom is -0.383 e. The standard InChI is InChI=1S/C22H26N4O5S/c1-23-20-9-7-18(15-21(20)26(28)29)22(27)24-10-12-25(13-11-24)32(30,31)19-8-6-16-4-2-3-5-17(16)14-19/h6-9,14-15,23H,2-5,10-13H2,1H3. The van der Waals surface area contributed by atoms with Crippen molar-refractivity contribution in [2.24, 2.45) is 0 Å². The average molecular weight is 459 g/mol. The van der Waals surface area contributed by atoms with Gasteiger partial charge >= 0.3 is 0 Å². The molecule has 0 spiro atoms. The molecule has 0 atom stereocenters. The number of nitrogens with zero attached hydrogens (tertiary/aromatic N) is 3. The first-order chi connectivity index (χ1) is 15.3. The molecule has 1 aliphatic heterocycles. The van der Waals surface area contributed by atoms with Crippen molar-refractivity contribution in [1.29, 1.82) is 0 Å². The van der Waals surface area contributed by atoms with Gasteiger partial charge in [-0.2, -0.15) is 4.31 Å². The second-order valence-corrected chi connectivity index (χ2v) is 10.0. The van der Waals surface area contributed by atoms with E-state index >= 15 is 0 Å². The number of anilines is 1. The van der Waals surface area contributed by atoms with E-state index in [1.807, 2.05) is 6.07 Å². The molecule has 1 amide bonds. The topological polar surface area (TPSA) is 113 Å². The third kappa shape index (κ3) is 4.20. The number of nitro groups is 1. The highest BCUT2D eigenvalue weighted by atomic mass is 32.2. The van der Waals surface area contributed by atoms with Crippen LogP contribution in [0.3, 0.4) is 0 Å². The van der Waals surface area contributed by atoms with Crippen molar-refractivity contribution in [3.63, 3.8) is 0 Å². The Labute approximate surface area is 187 Å². The van der Waals surface area contributed by atoms with Crippen LogP contribution >= 0.6 is 0 Å². The van der Waals surface area contributed by atoms with Gasteiger partial charge in [0.1, 0.15) is 5.69 Å². The molecule has 2 aromatic rings. The van der Waals surface area contributed by atoms with E-state index in [-0.39, 0.29) is 43.3 Å². The van der Waals surface area contributed by atoms with Crippen molar-refractivity contribution in [3.8, 4) is 0 Å². The van der Waals surface area contributed by atoms with E-state index in [2.05, 4.69) is 5.32 Å². The molecular weight excluding hydrogens is 432 g/mol. The molecule has 0 bridgehead atoms. The average Bonchev–Trinajstić information content (AvgIpc) is 2.82. The van der Waals surface area contributed by atoms with Gasteiger partial charge in [0.15, 0.2) is 0 Å². The molecule has 0 aromatic heterocycles. The summed E-state index contributed by atoms with van der Waals surface area (Å²) in [5.41, 5.74) is 2.70. The van der Waals surface area contributed by atoms with Crippen LogP contribution in [0.15, 0.2) is 41.3 Å². The molecule has 2 aliphatic rings. The van der Waals surface area contributed by atoms with Gasteiger partial charge in [-0.15, -0.1) is 0 Å². The van der Waals surface area contributed by atoms with Gasteiger partial charge < -0.3 is 10.2 Å². The Balaban J connectivity index is 1.46. The minimum absolute atomic E-state index is 0.174. The number of hydrogen-bond acceptors (Lipinski definition) is 6. The van der Waals surface area contributed by atoms with E-state index < -0.39 is 14.9 Å². The summed E-state index contributed by atoms with van der Waals surface area (Å²) in [6, 6.07) is 9.69. The molecule has 1 aliphatic carbocycles. The third-order valence-electron chi connectivity index (χ3n) is 6.19. The molecule has 1 saturated heterocycles. The van der Waals surface area contributed by atoms with E-state index in [9.17, 15) is 23.3 Å². The van der Waals surface area contributed by atoms with Gasteiger partial charge in [-0.1, -0.05) is 6.07 Å². The fourth-order valence-electron chi connectivity index (χ4n) is 4.36. The molecule has 0 radical (unpaired) electrons. The van der Waals surface area contributed by atoms with Gasteiger partial charge in [-0.05, 0) is 61.1 Å². The van der Waals surface area contributed by atoms with Crippen molar-refractivity contribution >= 4 is 27.3 Å². The lowest BCUT2D eigenvalue weighted by atomic mass is 9.92. The number of sulfonamides is 1. The third-order valence-corrected chi connectivity index (χ3v) is 8.09. The number of fused-ring (bicyclic) bond motifs is 1. The van der Waals surface area contributed by atoms with Crippen LogP contribution in [0.2, 0.25) is 0 Å². The summed E-state index contributed by atoms with van der Waals surface area (Å²) in [5.74, 6) is -0.346. The van der Waals surface area contributed by atoms with Crippen molar-refractivity contribution in [3.05, 3.63) is 63.2 Å². The maximum Gasteiger partial charge on any atom is 0.293 e. The number of amides is 1. The molecule has 2 aromatic carbocycles. The van der Waals surface area contributed by atoms with E-state index in [0.717, 1.165) is 31.2 Å². The molecule has 170 valence electrons. The fraction of sp³-hybridized carbons (Fsp3) is 0.409. The lowest BCUT2D eigenvalue weighted by Gasteiger charge is -2.34. The Bertz CT molecular complexity index is 1160. The molecule has 1 N–H and O–H groups in total. The number of carbonyl (C=O) groups excluding carboxylic acids is 1. The zero-order valence-corrected chi connectivity index (χ0v) is 18.7. The van der Waals surface area contributed by atoms with Gasteiger partial charge in [-0.25, -0.2) is 8.42 Å². The zero-order chi connectivity index (χ0) is 22.9. The smallest absolute Gasteiger partial charge is 0.293 e. The predicted octanol–water partition coefficient (Wildman–Crippen LogP) is 2.66. The van der Waals surface area contributed by atoms with Crippen molar-refractivity contribution < 1.29 is 18.1 Å². The summed E-state index contributed by atoms with van der Waals surface area (Å²) in [6.07, 6.45) is 4.10. The Morgan fingerprint density at radius 1 is 1.00 bits per heavy atom. The summed E-state index contributed by atoms with van der Waals surface area (Å²) in [4.78, 5) is 25.5. The Kier molecular flexibility index (Phi) is 6.16. The Morgan fingerprint density at radius 3 is 2.34 bits per heavy atom. The summed E-state index contributed by atoms with van der Waals surface area (Å²) in [6.45, 7) is 0.818. The second kappa shape index (κ2) is 8.87. The number of benzene rings is 2. The summed E-state index contributed by atoms with van der Waals surface area (Å²) < 4.78 is 27.7. The SMILES string of the molecule is CNc1ccc(C(=O)N2CCN(S(=O)(=O)c3ccc4c(c3)CCCC4)CC2)cc1[N+](=O)[O-]. The van der Waals surface area contributed by atoms with Crippen molar-refractivity contribution in [1.82, 2.24) is 9.21 Å². The van der Waals surface area contributed by atoms with E-state index in [0.29, 0.717) is 10.6 Å². The number of carbonyl (C=O) groups is 1. The van der Waals surface area contributed by atoms with Crippen LogP contribution < -0.4 is 5.32 Å². The minimum atomic E-state index is -3.64. The van der Waals surface area contributed by atoms with Crippen LogP contribution in [0.4, 0.5) is 11.4 Å². The van der Waals surface area contributed by atoms with Gasteiger partial charge in [-0.3, -0.25) is 14.9 Å². The van der Waals surface area contributed by atoms with Crippen LogP contribution in [0, 0.1) is 10.1 Å². The summed E-state index contributed by atoms with van der Waals surface area (Å²) in [7, 11) is -2.06. The summed E-state index contributed by atoms with van der Waals surface area (Å²) in [5, 5.41) is 14.0. The van der Waals surface area contributed by atoms with E-state index in [1.54, 1.807) is 19.2 Å². The normalized spacial score (nSPS) is 17.0. The number of aryl methyl sites for hydroxylation is 2. The lowest BCUT2D eigenvalue weighted by Crippen LogP contribution is -2.50. The highest BCUT2D eigenvalue weighted by Gasteiger charge is 2.31. The Morgan fingerprint density at radius 2 is 1.69 bits per heavy atom. The molecular formula is C22H26N4O5S. The van der Waals surface area contributed by atoms with Crippen molar-refractivity contribution in [2.75, 3.05) is 38.5 Å². The number of hydrogen-bond donors (Lipinski definition) is 1. The summed E-state index contributed by atoms with van der Waals surface area (Å²) >= 11 is 0. The monoisotopic (exact) mass is 458 g/mol. The molecule has 10 heteroatoms. The van der Waals surface area contributed by atoms with Crippen LogP contribution in [-0.4, -0.2) is 61.7 Å². The molecule has 1 heterocycles. The molecule has 0 unspecified atom stereocenters. The number of nitro benzene ring substituents is 1. The Hall–Kier alpha value is -2.98. The van der Waals surface area contributed by atoms with Gasteiger partial charge in [0.05, 0.1) is 9.82 Å². The molecule has 4 rings (SSSR count). The highest BCUT2D eigenvalue weighted by molar-refractivity contribution is 7.89. The largest absolute Gasteiger partial charge is 0.383 e. The van der Waals surface area contributed by atoms with Crippen LogP contribution in [0.25, 0.3) is 0 Å². The van der Waals surface area contributed by atoms with Crippen LogP contribution in [0.5, 0.6) is 0 Å². The first-order valence-electron chi connectivity index (χ1n) is 10.7. The number of nitrogens with one attached hydrogen (secondary N) is 1.